The van der Waals surface area contributed by atoms with Crippen molar-refractivity contribution < 1.29 is 24.2 Å². The molecule has 0 spiro atoms. The number of ether oxygens (including phenoxy) is 2. The number of benzene rings is 2. The predicted octanol–water partition coefficient (Wildman–Crippen LogP) is 3.75. The monoisotopic (exact) mass is 408 g/mol. The van der Waals surface area contributed by atoms with Gasteiger partial charge in [-0.2, -0.15) is 5.26 Å². The van der Waals surface area contributed by atoms with Crippen LogP contribution in [0.1, 0.15) is 35.3 Å². The fourth-order valence-corrected chi connectivity index (χ4v) is 2.84. The quantitative estimate of drug-likeness (QED) is 0.501. The van der Waals surface area contributed by atoms with Crippen LogP contribution in [-0.4, -0.2) is 42.1 Å². The van der Waals surface area contributed by atoms with Crippen molar-refractivity contribution in [2.45, 2.75) is 20.5 Å². The van der Waals surface area contributed by atoms with Gasteiger partial charge in [-0.1, -0.05) is 18.2 Å². The molecule has 2 rings (SSSR count). The second-order valence-corrected chi connectivity index (χ2v) is 6.35. The third-order valence-corrected chi connectivity index (χ3v) is 4.47. The lowest BCUT2D eigenvalue weighted by Gasteiger charge is -2.17. The van der Waals surface area contributed by atoms with Crippen LogP contribution in [0.5, 0.6) is 11.5 Å². The molecule has 0 atom stereocenters. The summed E-state index contributed by atoms with van der Waals surface area (Å²) in [4.78, 5) is 25.1. The molecule has 1 N–H and O–H groups in total. The number of carboxylic acids is 1. The lowest BCUT2D eigenvalue weighted by molar-refractivity contribution is -0.126. The number of hydrogen-bond acceptors (Lipinski definition) is 5. The fourth-order valence-electron chi connectivity index (χ4n) is 2.84. The van der Waals surface area contributed by atoms with Crippen LogP contribution in [-0.2, 0) is 11.4 Å². The number of methoxy groups -OCH3 is 1. The van der Waals surface area contributed by atoms with Gasteiger partial charge in [0.2, 0.25) is 0 Å². The summed E-state index contributed by atoms with van der Waals surface area (Å²) in [5.41, 5.74) is 1.56. The van der Waals surface area contributed by atoms with Crippen molar-refractivity contribution in [2.24, 2.45) is 0 Å². The van der Waals surface area contributed by atoms with Crippen LogP contribution in [0.15, 0.2) is 48.0 Å². The first-order chi connectivity index (χ1) is 14.4. The minimum atomic E-state index is -1.00. The number of carboxylic acid groups (broad SMARTS) is 1. The Hall–Kier alpha value is -3.79. The van der Waals surface area contributed by atoms with E-state index in [1.165, 1.54) is 19.3 Å². The van der Waals surface area contributed by atoms with E-state index in [1.807, 2.05) is 19.9 Å². The highest BCUT2D eigenvalue weighted by molar-refractivity contribution is 6.01. The van der Waals surface area contributed by atoms with E-state index in [0.29, 0.717) is 35.7 Å². The van der Waals surface area contributed by atoms with Crippen LogP contribution in [0.2, 0.25) is 0 Å². The largest absolute Gasteiger partial charge is 0.493 e. The number of nitrogens with zero attached hydrogens (tertiary/aromatic N) is 2. The molecule has 0 saturated heterocycles. The zero-order valence-electron chi connectivity index (χ0n) is 17.2. The number of likely N-dealkylation sites (N-methyl/N-ethyl adjacent to an activating group) is 1. The van der Waals surface area contributed by atoms with Crippen LogP contribution in [0.4, 0.5) is 0 Å². The topological polar surface area (TPSA) is 99.9 Å². The van der Waals surface area contributed by atoms with Crippen molar-refractivity contribution in [3.63, 3.8) is 0 Å². The molecule has 0 radical (unpaired) electrons. The summed E-state index contributed by atoms with van der Waals surface area (Å²) in [7, 11) is 1.49. The number of hydrogen-bond donors (Lipinski definition) is 1. The normalized spacial score (nSPS) is 10.8. The van der Waals surface area contributed by atoms with E-state index in [2.05, 4.69) is 0 Å². The molecule has 2 aromatic carbocycles. The maximum Gasteiger partial charge on any atom is 0.335 e. The number of carbonyl (C=O) groups excluding carboxylic acids is 1. The van der Waals surface area contributed by atoms with Crippen LogP contribution in [0, 0.1) is 11.3 Å². The van der Waals surface area contributed by atoms with E-state index >= 15 is 0 Å². The lowest BCUT2D eigenvalue weighted by atomic mass is 10.1. The van der Waals surface area contributed by atoms with Gasteiger partial charge in [0.15, 0.2) is 11.5 Å². The Balaban J connectivity index is 2.22. The molecular formula is C23H24N2O5. The summed E-state index contributed by atoms with van der Waals surface area (Å²) in [6.07, 6.45) is 1.52. The Bertz CT molecular complexity index is 987. The summed E-state index contributed by atoms with van der Waals surface area (Å²) in [6.45, 7) is 4.92. The van der Waals surface area contributed by atoms with Crippen molar-refractivity contribution in [3.8, 4) is 17.6 Å². The number of aromatic carboxylic acids is 1. The average molecular weight is 408 g/mol. The van der Waals surface area contributed by atoms with Gasteiger partial charge in [0, 0.05) is 13.1 Å². The summed E-state index contributed by atoms with van der Waals surface area (Å²) < 4.78 is 11.2. The highest BCUT2D eigenvalue weighted by Crippen LogP contribution is 2.30. The molecule has 0 aliphatic carbocycles. The van der Waals surface area contributed by atoms with Gasteiger partial charge in [-0.05, 0) is 55.3 Å². The van der Waals surface area contributed by atoms with Crippen LogP contribution < -0.4 is 9.47 Å². The molecule has 0 unspecified atom stereocenters. The molecule has 0 heterocycles. The highest BCUT2D eigenvalue weighted by atomic mass is 16.5. The summed E-state index contributed by atoms with van der Waals surface area (Å²) in [5, 5.41) is 18.5. The second kappa shape index (κ2) is 10.7. The highest BCUT2D eigenvalue weighted by Gasteiger charge is 2.16. The fraction of sp³-hybridized carbons (Fsp3) is 0.261. The predicted molar refractivity (Wildman–Crippen MR) is 112 cm³/mol. The van der Waals surface area contributed by atoms with Crippen molar-refractivity contribution in [3.05, 3.63) is 64.7 Å². The molecule has 1 amide bonds. The van der Waals surface area contributed by atoms with Gasteiger partial charge in [0.25, 0.3) is 5.91 Å². The third-order valence-electron chi connectivity index (χ3n) is 4.47. The van der Waals surface area contributed by atoms with E-state index in [4.69, 9.17) is 14.6 Å². The van der Waals surface area contributed by atoms with Gasteiger partial charge in [-0.25, -0.2) is 4.79 Å². The molecule has 0 bridgehead atoms. The van der Waals surface area contributed by atoms with Gasteiger partial charge < -0.3 is 19.5 Å². The van der Waals surface area contributed by atoms with Crippen molar-refractivity contribution in [2.75, 3.05) is 20.2 Å². The van der Waals surface area contributed by atoms with E-state index in [0.717, 1.165) is 0 Å². The maximum absolute atomic E-state index is 12.4. The van der Waals surface area contributed by atoms with Gasteiger partial charge in [0.05, 0.1) is 12.7 Å². The van der Waals surface area contributed by atoms with Crippen LogP contribution in [0.25, 0.3) is 6.08 Å². The molecule has 0 fully saturated rings. The van der Waals surface area contributed by atoms with Crippen LogP contribution >= 0.6 is 0 Å². The Kier molecular flexibility index (Phi) is 8.00. The van der Waals surface area contributed by atoms with Crippen molar-refractivity contribution in [1.29, 1.82) is 5.26 Å². The molecule has 0 aromatic heterocycles. The summed E-state index contributed by atoms with van der Waals surface area (Å²) >= 11 is 0. The molecule has 156 valence electrons. The lowest BCUT2D eigenvalue weighted by Crippen LogP contribution is -2.31. The maximum atomic E-state index is 12.4. The molecular weight excluding hydrogens is 384 g/mol. The van der Waals surface area contributed by atoms with E-state index < -0.39 is 5.97 Å². The first-order valence-corrected chi connectivity index (χ1v) is 9.47. The molecule has 7 nitrogen and oxygen atoms in total. The Labute approximate surface area is 175 Å². The second-order valence-electron chi connectivity index (χ2n) is 6.35. The molecule has 0 aliphatic heterocycles. The van der Waals surface area contributed by atoms with E-state index in [9.17, 15) is 14.9 Å². The zero-order valence-corrected chi connectivity index (χ0v) is 17.2. The standard InChI is InChI=1S/C23H24N2O5/c1-4-25(5-2)22(26)19(14-24)11-16-9-10-20(21(13-16)29-3)30-15-17-7-6-8-18(12-17)23(27)28/h6-13H,4-5,15H2,1-3H3,(H,27,28)/b19-11-. The van der Waals surface area contributed by atoms with E-state index in [1.54, 1.807) is 41.3 Å². The van der Waals surface area contributed by atoms with E-state index in [-0.39, 0.29) is 23.7 Å². The Morgan fingerprint density at radius 3 is 2.47 bits per heavy atom. The van der Waals surface area contributed by atoms with Crippen molar-refractivity contribution >= 4 is 18.0 Å². The molecule has 2 aromatic rings. The molecule has 0 saturated carbocycles. The van der Waals surface area contributed by atoms with Gasteiger partial charge in [-0.15, -0.1) is 0 Å². The number of rotatable bonds is 9. The minimum absolute atomic E-state index is 0.0416. The molecule has 0 aliphatic rings. The first kappa shape index (κ1) is 22.5. The number of nitriles is 1. The third kappa shape index (κ3) is 5.61. The average Bonchev–Trinajstić information content (AvgIpc) is 2.77. The molecule has 7 heteroatoms. The number of amides is 1. The zero-order chi connectivity index (χ0) is 22.1. The summed E-state index contributed by atoms with van der Waals surface area (Å²) in [6, 6.07) is 13.5. The van der Waals surface area contributed by atoms with Gasteiger partial charge >= 0.3 is 5.97 Å². The smallest absolute Gasteiger partial charge is 0.335 e. The van der Waals surface area contributed by atoms with Crippen LogP contribution in [0.3, 0.4) is 0 Å². The SMILES string of the molecule is CCN(CC)C(=O)/C(C#N)=C\c1ccc(OCc2cccc(C(=O)O)c2)c(OC)c1. The molecule has 30 heavy (non-hydrogen) atoms. The van der Waals surface area contributed by atoms with Gasteiger partial charge in [-0.3, -0.25) is 4.79 Å². The van der Waals surface area contributed by atoms with Crippen molar-refractivity contribution in [1.82, 2.24) is 4.90 Å². The minimum Gasteiger partial charge on any atom is -0.493 e. The Morgan fingerprint density at radius 1 is 1.13 bits per heavy atom. The number of carbonyl (C=O) groups is 2. The summed E-state index contributed by atoms with van der Waals surface area (Å²) in [5.74, 6) is -0.423. The first-order valence-electron chi connectivity index (χ1n) is 9.47. The van der Waals surface area contributed by atoms with Gasteiger partial charge in [0.1, 0.15) is 18.2 Å². The Morgan fingerprint density at radius 2 is 1.87 bits per heavy atom.